The van der Waals surface area contributed by atoms with Crippen LogP contribution in [0.25, 0.3) is 0 Å². The van der Waals surface area contributed by atoms with E-state index in [2.05, 4.69) is 46.8 Å². The Morgan fingerprint density at radius 2 is 1.57 bits per heavy atom. The van der Waals surface area contributed by atoms with Crippen LogP contribution in [0.1, 0.15) is 66.7 Å². The summed E-state index contributed by atoms with van der Waals surface area (Å²) in [6, 6.07) is 0. The maximum Gasteiger partial charge on any atom is 0.0438 e. The molecule has 0 saturated heterocycles. The molecule has 0 fully saturated rings. The van der Waals surface area contributed by atoms with E-state index in [1.165, 1.54) is 41.6 Å². The van der Waals surface area contributed by atoms with Crippen molar-refractivity contribution >= 4 is 11.8 Å². The van der Waals surface area contributed by atoms with Gasteiger partial charge in [-0.2, -0.15) is 11.8 Å². The van der Waals surface area contributed by atoms with Gasteiger partial charge in [-0.25, -0.2) is 0 Å². The van der Waals surface area contributed by atoms with Crippen LogP contribution in [-0.4, -0.2) is 23.2 Å². The van der Waals surface area contributed by atoms with Crippen molar-refractivity contribution in [2.45, 2.75) is 66.7 Å². The van der Waals surface area contributed by atoms with Crippen LogP contribution >= 0.6 is 11.8 Å². The number of aliphatic hydroxyl groups is 1. The normalized spacial score (nSPS) is 12.7. The van der Waals surface area contributed by atoms with Gasteiger partial charge < -0.3 is 5.11 Å². The highest BCUT2D eigenvalue weighted by Crippen LogP contribution is 2.16. The van der Waals surface area contributed by atoms with Crippen LogP contribution in [0.2, 0.25) is 0 Å². The number of thioether (sulfide) groups is 1. The second-order valence-electron chi connectivity index (χ2n) is 6.07. The van der Waals surface area contributed by atoms with Crippen LogP contribution in [0.4, 0.5) is 0 Å². The Kier molecular flexibility index (Phi) is 12.9. The van der Waals surface area contributed by atoms with Crippen LogP contribution in [0.15, 0.2) is 34.4 Å². The molecule has 0 aliphatic carbocycles. The van der Waals surface area contributed by atoms with Crippen LogP contribution < -0.4 is 0 Å². The molecule has 0 spiro atoms. The van der Waals surface area contributed by atoms with Crippen molar-refractivity contribution in [2.75, 3.05) is 18.1 Å². The van der Waals surface area contributed by atoms with E-state index in [-0.39, 0.29) is 0 Å². The summed E-state index contributed by atoms with van der Waals surface area (Å²) in [5, 5.41) is 8.71. The largest absolute Gasteiger partial charge is 0.396 e. The standard InChI is InChI=1S/C19H34OS/c1-16(2)19(5)11-10-17(3)8-6-9-18(4)12-15-21-14-7-13-20/h8,12,20H,6-7,9-11,13-15H2,1-5H3. The van der Waals surface area contributed by atoms with Crippen molar-refractivity contribution in [1.82, 2.24) is 0 Å². The molecule has 2 heteroatoms. The van der Waals surface area contributed by atoms with Gasteiger partial charge in [-0.1, -0.05) is 34.4 Å². The summed E-state index contributed by atoms with van der Waals surface area (Å²) in [6.07, 6.45) is 10.3. The van der Waals surface area contributed by atoms with Gasteiger partial charge in [0, 0.05) is 12.4 Å². The van der Waals surface area contributed by atoms with Crippen molar-refractivity contribution in [3.63, 3.8) is 0 Å². The van der Waals surface area contributed by atoms with E-state index in [1.807, 2.05) is 11.8 Å². The molecule has 0 atom stereocenters. The van der Waals surface area contributed by atoms with E-state index < -0.39 is 0 Å². The number of aliphatic hydroxyl groups excluding tert-OH is 1. The average molecular weight is 311 g/mol. The summed E-state index contributed by atoms with van der Waals surface area (Å²) < 4.78 is 0. The van der Waals surface area contributed by atoms with E-state index in [0.29, 0.717) is 6.61 Å². The van der Waals surface area contributed by atoms with Crippen LogP contribution in [0.5, 0.6) is 0 Å². The first kappa shape index (κ1) is 20.5. The van der Waals surface area contributed by atoms with Crippen LogP contribution in [0, 0.1) is 0 Å². The van der Waals surface area contributed by atoms with Crippen LogP contribution in [-0.2, 0) is 0 Å². The lowest BCUT2D eigenvalue weighted by Crippen LogP contribution is -1.87. The molecule has 0 heterocycles. The Hall–Kier alpha value is -0.470. The molecule has 0 radical (unpaired) electrons. The molecular weight excluding hydrogens is 276 g/mol. The summed E-state index contributed by atoms with van der Waals surface area (Å²) in [5.41, 5.74) is 5.98. The van der Waals surface area contributed by atoms with E-state index in [0.717, 1.165) is 24.3 Å². The first-order valence-electron chi connectivity index (χ1n) is 8.10. The third kappa shape index (κ3) is 12.9. The molecular formula is C19H34OS. The minimum atomic E-state index is 0.311. The number of hydrogen-bond acceptors (Lipinski definition) is 2. The van der Waals surface area contributed by atoms with E-state index >= 15 is 0 Å². The third-order valence-electron chi connectivity index (χ3n) is 3.78. The maximum atomic E-state index is 8.71. The summed E-state index contributed by atoms with van der Waals surface area (Å²) in [7, 11) is 0. The van der Waals surface area contributed by atoms with E-state index in [9.17, 15) is 0 Å². The maximum absolute atomic E-state index is 8.71. The molecule has 122 valence electrons. The minimum Gasteiger partial charge on any atom is -0.396 e. The number of allylic oxidation sites excluding steroid dienone is 5. The van der Waals surface area contributed by atoms with Crippen molar-refractivity contribution in [1.29, 1.82) is 0 Å². The molecule has 0 aliphatic heterocycles. The Morgan fingerprint density at radius 1 is 0.905 bits per heavy atom. The van der Waals surface area contributed by atoms with Crippen molar-refractivity contribution in [3.8, 4) is 0 Å². The molecule has 21 heavy (non-hydrogen) atoms. The summed E-state index contributed by atoms with van der Waals surface area (Å²) in [4.78, 5) is 0. The lowest BCUT2D eigenvalue weighted by Gasteiger charge is -2.05. The number of rotatable bonds is 11. The monoisotopic (exact) mass is 310 g/mol. The predicted molar refractivity (Wildman–Crippen MR) is 99.1 cm³/mol. The van der Waals surface area contributed by atoms with Crippen molar-refractivity contribution in [3.05, 3.63) is 34.4 Å². The summed E-state index contributed by atoms with van der Waals surface area (Å²) in [6.45, 7) is 11.4. The Morgan fingerprint density at radius 3 is 2.19 bits per heavy atom. The molecule has 0 aromatic rings. The fourth-order valence-electron chi connectivity index (χ4n) is 1.84. The van der Waals surface area contributed by atoms with Gasteiger partial charge in [-0.05, 0) is 72.5 Å². The van der Waals surface area contributed by atoms with Crippen LogP contribution in [0.3, 0.4) is 0 Å². The van der Waals surface area contributed by atoms with Gasteiger partial charge in [-0.3, -0.25) is 0 Å². The average Bonchev–Trinajstić information content (AvgIpc) is 2.44. The molecule has 0 aromatic heterocycles. The van der Waals surface area contributed by atoms with Crippen molar-refractivity contribution in [2.24, 2.45) is 0 Å². The smallest absolute Gasteiger partial charge is 0.0438 e. The fraction of sp³-hybridized carbons (Fsp3) is 0.684. The van der Waals surface area contributed by atoms with Gasteiger partial charge in [0.25, 0.3) is 0 Å². The van der Waals surface area contributed by atoms with E-state index in [1.54, 1.807) is 0 Å². The first-order chi connectivity index (χ1) is 9.97. The third-order valence-corrected chi connectivity index (χ3v) is 4.76. The van der Waals surface area contributed by atoms with E-state index in [4.69, 9.17) is 5.11 Å². The van der Waals surface area contributed by atoms with Gasteiger partial charge in [0.05, 0.1) is 0 Å². The zero-order valence-corrected chi connectivity index (χ0v) is 15.5. The van der Waals surface area contributed by atoms with Crippen molar-refractivity contribution < 1.29 is 5.11 Å². The van der Waals surface area contributed by atoms with Gasteiger partial charge in [-0.15, -0.1) is 0 Å². The molecule has 0 unspecified atom stereocenters. The van der Waals surface area contributed by atoms with Gasteiger partial charge >= 0.3 is 0 Å². The van der Waals surface area contributed by atoms with Gasteiger partial charge in [0.1, 0.15) is 0 Å². The second-order valence-corrected chi connectivity index (χ2v) is 7.22. The molecule has 0 amide bonds. The molecule has 0 rings (SSSR count). The zero-order valence-electron chi connectivity index (χ0n) is 14.7. The molecule has 0 saturated carbocycles. The molecule has 0 bridgehead atoms. The SMILES string of the molecule is CC(=CCSCCCO)CCC=C(C)CCC(C)=C(C)C. The molecule has 1 nitrogen and oxygen atoms in total. The second kappa shape index (κ2) is 13.2. The highest BCUT2D eigenvalue weighted by atomic mass is 32.2. The lowest BCUT2D eigenvalue weighted by atomic mass is 10.0. The highest BCUT2D eigenvalue weighted by molar-refractivity contribution is 7.99. The molecule has 1 N–H and O–H groups in total. The lowest BCUT2D eigenvalue weighted by molar-refractivity contribution is 0.296. The zero-order chi connectivity index (χ0) is 16.1. The van der Waals surface area contributed by atoms with Gasteiger partial charge in [0.15, 0.2) is 0 Å². The Bertz CT molecular complexity index is 360. The topological polar surface area (TPSA) is 20.2 Å². The Labute approximate surface area is 136 Å². The Balaban J connectivity index is 3.86. The van der Waals surface area contributed by atoms with Gasteiger partial charge in [0.2, 0.25) is 0 Å². The quantitative estimate of drug-likeness (QED) is 0.378. The predicted octanol–water partition coefficient (Wildman–Crippen LogP) is 5.91. The molecule has 0 aliphatic rings. The highest BCUT2D eigenvalue weighted by Gasteiger charge is 1.96. The first-order valence-corrected chi connectivity index (χ1v) is 9.25. The minimum absolute atomic E-state index is 0.311. The number of hydrogen-bond donors (Lipinski definition) is 1. The molecule has 0 aromatic carbocycles. The summed E-state index contributed by atoms with van der Waals surface area (Å²) in [5.74, 6) is 2.14. The fourth-order valence-corrected chi connectivity index (χ4v) is 2.74. The summed E-state index contributed by atoms with van der Waals surface area (Å²) >= 11 is 1.90.